The van der Waals surface area contributed by atoms with Crippen LogP contribution in [0.4, 0.5) is 5.82 Å². The van der Waals surface area contributed by atoms with Crippen LogP contribution in [0.5, 0.6) is 0 Å². The summed E-state index contributed by atoms with van der Waals surface area (Å²) < 4.78 is 0. The second kappa shape index (κ2) is 7.00. The molecule has 0 aliphatic heterocycles. The summed E-state index contributed by atoms with van der Waals surface area (Å²) in [5.74, 6) is 0.922. The second-order valence-electron chi connectivity index (χ2n) is 6.22. The molecule has 4 nitrogen and oxygen atoms in total. The van der Waals surface area contributed by atoms with Gasteiger partial charge in [0.25, 0.3) is 0 Å². The van der Waals surface area contributed by atoms with Gasteiger partial charge < -0.3 is 10.2 Å². The maximum absolute atomic E-state index is 4.51. The van der Waals surface area contributed by atoms with Crippen LogP contribution in [0.1, 0.15) is 31.3 Å². The Morgan fingerprint density at radius 2 is 2.05 bits per heavy atom. The molecule has 2 rings (SSSR count). The van der Waals surface area contributed by atoms with Crippen molar-refractivity contribution in [2.45, 2.75) is 39.3 Å². The summed E-state index contributed by atoms with van der Waals surface area (Å²) in [5.41, 5.74) is 1.07. The van der Waals surface area contributed by atoms with Crippen molar-refractivity contribution in [1.82, 2.24) is 15.3 Å². The third kappa shape index (κ3) is 5.44. The fraction of sp³-hybridized carbons (Fsp3) is 0.500. The van der Waals surface area contributed by atoms with E-state index in [-0.39, 0.29) is 5.54 Å². The Kier molecular flexibility index (Phi) is 5.31. The predicted molar refractivity (Wildman–Crippen MR) is 89.9 cm³/mol. The van der Waals surface area contributed by atoms with Crippen molar-refractivity contribution in [2.24, 2.45) is 0 Å². The molecule has 5 heteroatoms. The molecule has 0 fully saturated rings. The maximum atomic E-state index is 4.51. The molecular weight excluding hydrogens is 280 g/mol. The van der Waals surface area contributed by atoms with Gasteiger partial charge in [-0.25, -0.2) is 4.98 Å². The molecule has 0 saturated heterocycles. The predicted octanol–water partition coefficient (Wildman–Crippen LogP) is 3.11. The van der Waals surface area contributed by atoms with E-state index in [1.807, 2.05) is 12.4 Å². The van der Waals surface area contributed by atoms with E-state index in [1.54, 1.807) is 11.3 Å². The van der Waals surface area contributed by atoms with Crippen molar-refractivity contribution in [2.75, 3.05) is 18.5 Å². The van der Waals surface area contributed by atoms with Crippen LogP contribution < -0.4 is 10.2 Å². The first kappa shape index (κ1) is 15.9. The number of nitrogens with zero attached hydrogens (tertiary/aromatic N) is 3. The van der Waals surface area contributed by atoms with E-state index in [0.717, 1.165) is 31.0 Å². The summed E-state index contributed by atoms with van der Waals surface area (Å²) in [7, 11) is 2.06. The van der Waals surface area contributed by atoms with E-state index >= 15 is 0 Å². The minimum atomic E-state index is 0.0951. The molecule has 0 aromatic carbocycles. The SMILES string of the molecule is CN(CCc1cccs1)c1cnc(CNC(C)(C)C)cn1. The molecule has 0 bridgehead atoms. The molecule has 1 N–H and O–H groups in total. The highest BCUT2D eigenvalue weighted by atomic mass is 32.1. The molecule has 0 aliphatic rings. The standard InChI is InChI=1S/C16H24N4S/c1-16(2,3)19-11-13-10-18-15(12-17-13)20(4)8-7-14-6-5-9-21-14/h5-6,9-10,12,19H,7-8,11H2,1-4H3. The van der Waals surface area contributed by atoms with Crippen molar-refractivity contribution in [3.05, 3.63) is 40.5 Å². The summed E-state index contributed by atoms with van der Waals surface area (Å²) >= 11 is 1.80. The highest BCUT2D eigenvalue weighted by molar-refractivity contribution is 7.09. The van der Waals surface area contributed by atoms with Gasteiger partial charge in [-0.3, -0.25) is 4.98 Å². The van der Waals surface area contributed by atoms with Crippen molar-refractivity contribution in [3.8, 4) is 0 Å². The van der Waals surface area contributed by atoms with Crippen molar-refractivity contribution >= 4 is 17.2 Å². The molecule has 0 radical (unpaired) electrons. The van der Waals surface area contributed by atoms with Crippen LogP contribution in [0.3, 0.4) is 0 Å². The Balaban J connectivity index is 1.86. The number of aromatic nitrogens is 2. The van der Waals surface area contributed by atoms with Crippen LogP contribution in [-0.2, 0) is 13.0 Å². The minimum absolute atomic E-state index is 0.0951. The zero-order valence-corrected chi connectivity index (χ0v) is 14.1. The van der Waals surface area contributed by atoms with Crippen LogP contribution in [0.2, 0.25) is 0 Å². The first-order valence-electron chi connectivity index (χ1n) is 7.23. The summed E-state index contributed by atoms with van der Waals surface area (Å²) in [5, 5.41) is 5.53. The van der Waals surface area contributed by atoms with Gasteiger partial charge in [-0.15, -0.1) is 11.3 Å². The highest BCUT2D eigenvalue weighted by Crippen LogP contribution is 2.12. The van der Waals surface area contributed by atoms with E-state index in [4.69, 9.17) is 0 Å². The summed E-state index contributed by atoms with van der Waals surface area (Å²) in [4.78, 5) is 12.5. The Bertz CT molecular complexity index is 528. The Morgan fingerprint density at radius 1 is 1.24 bits per heavy atom. The lowest BCUT2D eigenvalue weighted by molar-refractivity contribution is 0.421. The molecule has 2 heterocycles. The molecule has 2 aromatic heterocycles. The van der Waals surface area contributed by atoms with Crippen LogP contribution in [0.25, 0.3) is 0 Å². The lowest BCUT2D eigenvalue weighted by Gasteiger charge is -2.20. The molecule has 0 atom stereocenters. The third-order valence-corrected chi connectivity index (χ3v) is 4.09. The quantitative estimate of drug-likeness (QED) is 0.890. The number of likely N-dealkylation sites (N-methyl/N-ethyl adjacent to an activating group) is 1. The highest BCUT2D eigenvalue weighted by Gasteiger charge is 2.09. The lowest BCUT2D eigenvalue weighted by atomic mass is 10.1. The third-order valence-electron chi connectivity index (χ3n) is 3.16. The fourth-order valence-electron chi connectivity index (χ4n) is 1.84. The van der Waals surface area contributed by atoms with E-state index in [9.17, 15) is 0 Å². The molecule has 0 unspecified atom stereocenters. The zero-order valence-electron chi connectivity index (χ0n) is 13.3. The normalized spacial score (nSPS) is 11.6. The van der Waals surface area contributed by atoms with Gasteiger partial charge in [0.2, 0.25) is 0 Å². The van der Waals surface area contributed by atoms with Crippen LogP contribution >= 0.6 is 11.3 Å². The molecule has 21 heavy (non-hydrogen) atoms. The number of nitrogens with one attached hydrogen (secondary N) is 1. The van der Waals surface area contributed by atoms with Gasteiger partial charge in [0.1, 0.15) is 5.82 Å². The number of hydrogen-bond acceptors (Lipinski definition) is 5. The average Bonchev–Trinajstić information content (AvgIpc) is 2.95. The molecular formula is C16H24N4S. The van der Waals surface area contributed by atoms with Gasteiger partial charge in [-0.1, -0.05) is 6.07 Å². The van der Waals surface area contributed by atoms with Crippen molar-refractivity contribution < 1.29 is 0 Å². The summed E-state index contributed by atoms with van der Waals surface area (Å²) in [6.45, 7) is 8.14. The molecule has 0 spiro atoms. The Hall–Kier alpha value is -1.46. The molecule has 0 aliphatic carbocycles. The van der Waals surface area contributed by atoms with Crippen molar-refractivity contribution in [3.63, 3.8) is 0 Å². The molecule has 114 valence electrons. The van der Waals surface area contributed by atoms with E-state index in [2.05, 4.69) is 65.5 Å². The topological polar surface area (TPSA) is 41.1 Å². The van der Waals surface area contributed by atoms with Crippen LogP contribution in [-0.4, -0.2) is 29.1 Å². The van der Waals surface area contributed by atoms with Gasteiger partial charge in [0.05, 0.1) is 18.1 Å². The van der Waals surface area contributed by atoms with E-state index in [0.29, 0.717) is 0 Å². The maximum Gasteiger partial charge on any atom is 0.146 e. The van der Waals surface area contributed by atoms with Gasteiger partial charge >= 0.3 is 0 Å². The number of rotatable bonds is 6. The monoisotopic (exact) mass is 304 g/mol. The molecule has 2 aromatic rings. The van der Waals surface area contributed by atoms with Gasteiger partial charge in [0.15, 0.2) is 0 Å². The van der Waals surface area contributed by atoms with Gasteiger partial charge in [0, 0.05) is 30.6 Å². The van der Waals surface area contributed by atoms with E-state index < -0.39 is 0 Å². The van der Waals surface area contributed by atoms with Crippen LogP contribution in [0.15, 0.2) is 29.9 Å². The molecule has 0 saturated carbocycles. The largest absolute Gasteiger partial charge is 0.358 e. The number of hydrogen-bond donors (Lipinski definition) is 1. The molecule has 0 amide bonds. The Labute approximate surface area is 131 Å². The van der Waals surface area contributed by atoms with E-state index in [1.165, 1.54) is 4.88 Å². The van der Waals surface area contributed by atoms with Crippen molar-refractivity contribution in [1.29, 1.82) is 0 Å². The zero-order chi connectivity index (χ0) is 15.3. The summed E-state index contributed by atoms with van der Waals surface area (Å²) in [6, 6.07) is 4.27. The number of thiophene rings is 1. The lowest BCUT2D eigenvalue weighted by Crippen LogP contribution is -2.35. The first-order chi connectivity index (χ1) is 9.94. The Morgan fingerprint density at radius 3 is 2.62 bits per heavy atom. The smallest absolute Gasteiger partial charge is 0.146 e. The summed E-state index contributed by atoms with van der Waals surface area (Å²) in [6.07, 6.45) is 4.76. The first-order valence-corrected chi connectivity index (χ1v) is 8.11. The minimum Gasteiger partial charge on any atom is -0.358 e. The number of anilines is 1. The second-order valence-corrected chi connectivity index (χ2v) is 7.25. The van der Waals surface area contributed by atoms with Crippen LogP contribution in [0, 0.1) is 0 Å². The fourth-order valence-corrected chi connectivity index (χ4v) is 2.54. The van der Waals surface area contributed by atoms with Gasteiger partial charge in [-0.2, -0.15) is 0 Å². The average molecular weight is 304 g/mol. The van der Waals surface area contributed by atoms with Gasteiger partial charge in [-0.05, 0) is 38.6 Å².